The lowest BCUT2D eigenvalue weighted by Crippen LogP contribution is -2.24. The molecule has 23 heavy (non-hydrogen) atoms. The van der Waals surface area contributed by atoms with Crippen molar-refractivity contribution in [3.8, 4) is 5.69 Å². The SMILES string of the molecule is Cc1ccc(-n2c(N)c3c(cc2=O)C(=O)NC3=O)cc1N(C)C. The molecule has 0 unspecified atom stereocenters. The molecule has 7 heteroatoms. The molecule has 0 saturated carbocycles. The van der Waals surface area contributed by atoms with Crippen LogP contribution in [0, 0.1) is 6.92 Å². The van der Waals surface area contributed by atoms with E-state index in [-0.39, 0.29) is 16.9 Å². The Bertz CT molecular complexity index is 912. The molecule has 1 aromatic carbocycles. The highest BCUT2D eigenvalue weighted by Gasteiger charge is 2.31. The number of rotatable bonds is 2. The lowest BCUT2D eigenvalue weighted by atomic mass is 10.1. The molecule has 0 atom stereocenters. The topological polar surface area (TPSA) is 97.4 Å². The van der Waals surface area contributed by atoms with Gasteiger partial charge in [-0.2, -0.15) is 0 Å². The molecule has 0 bridgehead atoms. The predicted molar refractivity (Wildman–Crippen MR) is 87.3 cm³/mol. The van der Waals surface area contributed by atoms with Crippen molar-refractivity contribution in [2.45, 2.75) is 6.92 Å². The van der Waals surface area contributed by atoms with E-state index in [1.54, 1.807) is 6.07 Å². The Morgan fingerprint density at radius 3 is 2.43 bits per heavy atom. The van der Waals surface area contributed by atoms with Gasteiger partial charge in [-0.25, -0.2) is 0 Å². The molecular formula is C16H16N4O3. The summed E-state index contributed by atoms with van der Waals surface area (Å²) in [7, 11) is 3.79. The van der Waals surface area contributed by atoms with Gasteiger partial charge in [-0.1, -0.05) is 6.07 Å². The van der Waals surface area contributed by atoms with Gasteiger partial charge in [0.1, 0.15) is 5.82 Å². The van der Waals surface area contributed by atoms with Crippen LogP contribution in [0.3, 0.4) is 0 Å². The fraction of sp³-hybridized carbons (Fsp3) is 0.188. The summed E-state index contributed by atoms with van der Waals surface area (Å²) < 4.78 is 1.24. The second-order valence-corrected chi connectivity index (χ2v) is 5.64. The van der Waals surface area contributed by atoms with Crippen molar-refractivity contribution in [1.29, 1.82) is 0 Å². The van der Waals surface area contributed by atoms with E-state index in [1.165, 1.54) is 4.57 Å². The first kappa shape index (κ1) is 14.8. The van der Waals surface area contributed by atoms with Crippen LogP contribution in [0.4, 0.5) is 11.5 Å². The smallest absolute Gasteiger partial charge is 0.262 e. The number of amides is 2. The zero-order valence-electron chi connectivity index (χ0n) is 13.0. The highest BCUT2D eigenvalue weighted by atomic mass is 16.2. The maximum atomic E-state index is 12.4. The Labute approximate surface area is 132 Å². The maximum absolute atomic E-state index is 12.4. The molecule has 2 aromatic rings. The van der Waals surface area contributed by atoms with Crippen molar-refractivity contribution >= 4 is 23.3 Å². The third-order valence-electron chi connectivity index (χ3n) is 3.89. The normalized spacial score (nSPS) is 13.0. The number of hydrogen-bond donors (Lipinski definition) is 2. The Kier molecular flexibility index (Phi) is 3.21. The van der Waals surface area contributed by atoms with Crippen LogP contribution in [0.2, 0.25) is 0 Å². The van der Waals surface area contributed by atoms with Crippen molar-refractivity contribution in [1.82, 2.24) is 9.88 Å². The number of pyridine rings is 1. The van der Waals surface area contributed by atoms with Crippen LogP contribution >= 0.6 is 0 Å². The molecule has 0 saturated heterocycles. The highest BCUT2D eigenvalue weighted by Crippen LogP contribution is 2.26. The molecule has 118 valence electrons. The molecule has 7 nitrogen and oxygen atoms in total. The minimum absolute atomic E-state index is 0.0219. The van der Waals surface area contributed by atoms with Gasteiger partial charge < -0.3 is 10.6 Å². The fourth-order valence-corrected chi connectivity index (χ4v) is 2.76. The Morgan fingerprint density at radius 1 is 1.09 bits per heavy atom. The standard InChI is InChI=1S/C16H16N4O3/c1-8-4-5-9(6-11(8)19(2)3)20-12(21)7-10-13(14(20)17)16(23)18-15(10)22/h4-7H,17H2,1-3H3,(H,18,22,23). The number of anilines is 2. The lowest BCUT2D eigenvalue weighted by molar-refractivity contribution is 0.0880. The molecular weight excluding hydrogens is 296 g/mol. The van der Waals surface area contributed by atoms with Crippen molar-refractivity contribution in [3.05, 3.63) is 51.3 Å². The van der Waals surface area contributed by atoms with Gasteiger partial charge in [0, 0.05) is 25.8 Å². The number of nitrogens with two attached hydrogens (primary N) is 1. The average Bonchev–Trinajstić information content (AvgIpc) is 2.75. The van der Waals surface area contributed by atoms with Gasteiger partial charge in [-0.3, -0.25) is 24.3 Å². The van der Waals surface area contributed by atoms with Crippen molar-refractivity contribution in [3.63, 3.8) is 0 Å². The van der Waals surface area contributed by atoms with Gasteiger partial charge in [0.15, 0.2) is 0 Å². The van der Waals surface area contributed by atoms with Gasteiger partial charge in [0.05, 0.1) is 16.8 Å². The molecule has 0 spiro atoms. The summed E-state index contributed by atoms with van der Waals surface area (Å²) in [4.78, 5) is 37.9. The minimum atomic E-state index is -0.598. The van der Waals surface area contributed by atoms with Gasteiger partial charge in [0.2, 0.25) is 0 Å². The van der Waals surface area contributed by atoms with E-state index in [4.69, 9.17) is 5.73 Å². The first-order chi connectivity index (χ1) is 10.8. The zero-order chi connectivity index (χ0) is 16.9. The van der Waals surface area contributed by atoms with Crippen LogP contribution in [-0.4, -0.2) is 30.5 Å². The number of nitrogen functional groups attached to an aromatic ring is 1. The maximum Gasteiger partial charge on any atom is 0.262 e. The lowest BCUT2D eigenvalue weighted by Gasteiger charge is -2.18. The first-order valence-corrected chi connectivity index (χ1v) is 7.01. The van der Waals surface area contributed by atoms with E-state index in [0.717, 1.165) is 17.3 Å². The highest BCUT2D eigenvalue weighted by molar-refractivity contribution is 6.23. The molecule has 1 aliphatic rings. The zero-order valence-corrected chi connectivity index (χ0v) is 13.0. The minimum Gasteiger partial charge on any atom is -0.384 e. The van der Waals surface area contributed by atoms with E-state index in [9.17, 15) is 14.4 Å². The molecule has 1 aliphatic heterocycles. The van der Waals surface area contributed by atoms with E-state index >= 15 is 0 Å². The molecule has 1 aromatic heterocycles. The van der Waals surface area contributed by atoms with Crippen LogP contribution in [0.5, 0.6) is 0 Å². The molecule has 0 fully saturated rings. The number of aromatic nitrogens is 1. The molecule has 2 amide bonds. The van der Waals surface area contributed by atoms with Crippen LogP contribution in [0.1, 0.15) is 26.3 Å². The van der Waals surface area contributed by atoms with E-state index in [2.05, 4.69) is 5.32 Å². The van der Waals surface area contributed by atoms with Crippen molar-refractivity contribution < 1.29 is 9.59 Å². The second-order valence-electron chi connectivity index (χ2n) is 5.64. The number of carbonyl (C=O) groups excluding carboxylic acids is 2. The molecule has 0 radical (unpaired) electrons. The number of carbonyl (C=O) groups is 2. The van der Waals surface area contributed by atoms with Crippen LogP contribution in [0.25, 0.3) is 5.69 Å². The molecule has 0 aliphatic carbocycles. The van der Waals surface area contributed by atoms with Gasteiger partial charge in [-0.05, 0) is 24.6 Å². The van der Waals surface area contributed by atoms with E-state index < -0.39 is 17.4 Å². The van der Waals surface area contributed by atoms with Gasteiger partial charge >= 0.3 is 0 Å². The summed E-state index contributed by atoms with van der Waals surface area (Å²) in [5.74, 6) is -1.22. The largest absolute Gasteiger partial charge is 0.384 e. The summed E-state index contributed by atoms with van der Waals surface area (Å²) in [5, 5.41) is 2.15. The summed E-state index contributed by atoms with van der Waals surface area (Å²) in [6.07, 6.45) is 0. The molecule has 3 rings (SSSR count). The van der Waals surface area contributed by atoms with Crippen molar-refractivity contribution in [2.75, 3.05) is 24.7 Å². The number of fused-ring (bicyclic) bond motifs is 1. The number of imide groups is 1. The first-order valence-electron chi connectivity index (χ1n) is 7.01. The average molecular weight is 312 g/mol. The second kappa shape index (κ2) is 4.98. The van der Waals surface area contributed by atoms with Crippen LogP contribution < -0.4 is 21.5 Å². The summed E-state index contributed by atoms with van der Waals surface area (Å²) in [5.41, 5.74) is 8.13. The predicted octanol–water partition coefficient (Wildman–Crippen LogP) is 0.678. The number of nitrogens with zero attached hydrogens (tertiary/aromatic N) is 2. The summed E-state index contributed by atoms with van der Waals surface area (Å²) >= 11 is 0. The van der Waals surface area contributed by atoms with Crippen LogP contribution in [0.15, 0.2) is 29.1 Å². The van der Waals surface area contributed by atoms with E-state index in [1.807, 2.05) is 38.1 Å². The number of nitrogens with one attached hydrogen (secondary N) is 1. The third kappa shape index (κ3) is 2.17. The summed E-state index contributed by atoms with van der Waals surface area (Å²) in [6.45, 7) is 1.96. The van der Waals surface area contributed by atoms with Gasteiger partial charge in [0.25, 0.3) is 17.4 Å². The third-order valence-corrected chi connectivity index (χ3v) is 3.89. The monoisotopic (exact) mass is 312 g/mol. The summed E-state index contributed by atoms with van der Waals surface area (Å²) in [6, 6.07) is 6.57. The Morgan fingerprint density at radius 2 is 1.78 bits per heavy atom. The van der Waals surface area contributed by atoms with Gasteiger partial charge in [-0.15, -0.1) is 0 Å². The quantitative estimate of drug-likeness (QED) is 0.795. The van der Waals surface area contributed by atoms with Crippen LogP contribution in [-0.2, 0) is 0 Å². The fourth-order valence-electron chi connectivity index (χ4n) is 2.76. The number of aryl methyl sites for hydroxylation is 1. The Hall–Kier alpha value is -3.09. The molecule has 3 N–H and O–H groups in total. The molecule has 2 heterocycles. The van der Waals surface area contributed by atoms with Crippen molar-refractivity contribution in [2.24, 2.45) is 0 Å². The number of hydrogen-bond acceptors (Lipinski definition) is 5. The Balaban J connectivity index is 2.29. The van der Waals surface area contributed by atoms with E-state index in [0.29, 0.717) is 5.69 Å². The number of benzene rings is 1.